The Hall–Kier alpha value is -1.41. The molecular formula is C12H14N4O2S2. The summed E-state index contributed by atoms with van der Waals surface area (Å²) < 4.78 is 3.28. The molecule has 8 heteroatoms. The van der Waals surface area contributed by atoms with Crippen LogP contribution in [0.1, 0.15) is 12.8 Å². The van der Waals surface area contributed by atoms with Crippen LogP contribution in [-0.4, -0.2) is 30.6 Å². The van der Waals surface area contributed by atoms with Crippen molar-refractivity contribution in [2.45, 2.75) is 18.0 Å². The van der Waals surface area contributed by atoms with E-state index in [2.05, 4.69) is 9.97 Å². The van der Waals surface area contributed by atoms with Gasteiger partial charge in [0.15, 0.2) is 10.8 Å². The number of nitrogens with one attached hydrogen (secondary N) is 1. The second kappa shape index (κ2) is 4.85. The summed E-state index contributed by atoms with van der Waals surface area (Å²) >= 11 is 6.61. The number of hydrogen-bond donors (Lipinski definition) is 1. The summed E-state index contributed by atoms with van der Waals surface area (Å²) in [5.74, 6) is 0.939. The Labute approximate surface area is 124 Å². The van der Waals surface area contributed by atoms with Crippen LogP contribution >= 0.6 is 24.0 Å². The number of aromatic nitrogens is 4. The normalized spacial score (nSPS) is 14.9. The monoisotopic (exact) mass is 310 g/mol. The summed E-state index contributed by atoms with van der Waals surface area (Å²) in [5.41, 5.74) is 0.977. The number of carbonyl (C=O) groups is 1. The Morgan fingerprint density at radius 2 is 2.15 bits per heavy atom. The number of aryl methyl sites for hydroxylation is 1. The molecule has 0 aliphatic heterocycles. The third-order valence-corrected chi connectivity index (χ3v) is 4.83. The molecule has 106 valence electrons. The van der Waals surface area contributed by atoms with Crippen molar-refractivity contribution in [3.8, 4) is 0 Å². The van der Waals surface area contributed by atoms with Gasteiger partial charge in [0.1, 0.15) is 15.9 Å². The molecule has 6 nitrogen and oxygen atoms in total. The minimum absolute atomic E-state index is 0.209. The summed E-state index contributed by atoms with van der Waals surface area (Å²) in [6.07, 6.45) is 2.03. The number of H-pyrrole nitrogens is 1. The number of fused-ring (bicyclic) bond motifs is 1. The minimum atomic E-state index is -0.209. The van der Waals surface area contributed by atoms with E-state index in [1.54, 1.807) is 14.1 Å². The first-order chi connectivity index (χ1) is 9.49. The van der Waals surface area contributed by atoms with Gasteiger partial charge in [-0.3, -0.25) is 13.9 Å². The molecule has 1 fully saturated rings. The predicted octanol–water partition coefficient (Wildman–Crippen LogP) is 1.40. The second-order valence-electron chi connectivity index (χ2n) is 4.98. The first kappa shape index (κ1) is 13.6. The van der Waals surface area contributed by atoms with Crippen LogP contribution in [0.25, 0.3) is 11.2 Å². The Morgan fingerprint density at radius 3 is 2.80 bits per heavy atom. The van der Waals surface area contributed by atoms with Crippen LogP contribution in [0, 0.1) is 10.6 Å². The molecule has 0 spiro atoms. The highest BCUT2D eigenvalue weighted by Gasteiger charge is 2.29. The average Bonchev–Trinajstić information content (AvgIpc) is 3.20. The molecule has 2 aromatic heterocycles. The first-order valence-corrected chi connectivity index (χ1v) is 7.69. The lowest BCUT2D eigenvalue weighted by atomic mass is 10.3. The van der Waals surface area contributed by atoms with Gasteiger partial charge in [0.25, 0.3) is 0 Å². The predicted molar refractivity (Wildman–Crippen MR) is 79.6 cm³/mol. The molecule has 0 bridgehead atoms. The van der Waals surface area contributed by atoms with Crippen molar-refractivity contribution < 1.29 is 4.79 Å². The molecule has 0 unspecified atom stereocenters. The zero-order valence-electron chi connectivity index (χ0n) is 11.2. The number of ketones is 1. The summed E-state index contributed by atoms with van der Waals surface area (Å²) in [6, 6.07) is 0. The maximum atomic E-state index is 11.9. The number of imidazole rings is 1. The van der Waals surface area contributed by atoms with Gasteiger partial charge in [-0.1, -0.05) is 24.0 Å². The maximum absolute atomic E-state index is 11.9. The molecule has 1 aliphatic carbocycles. The van der Waals surface area contributed by atoms with Gasteiger partial charge in [0.05, 0.1) is 5.75 Å². The molecule has 2 aromatic rings. The molecule has 1 N–H and O–H groups in total. The van der Waals surface area contributed by atoms with E-state index in [0.29, 0.717) is 26.7 Å². The van der Waals surface area contributed by atoms with Crippen LogP contribution in [0.15, 0.2) is 9.95 Å². The molecule has 1 aliphatic rings. The zero-order valence-corrected chi connectivity index (χ0v) is 12.8. The fourth-order valence-corrected chi connectivity index (χ4v) is 3.10. The van der Waals surface area contributed by atoms with Gasteiger partial charge in [0, 0.05) is 20.0 Å². The van der Waals surface area contributed by atoms with Crippen molar-refractivity contribution in [3.05, 3.63) is 15.1 Å². The summed E-state index contributed by atoms with van der Waals surface area (Å²) in [4.78, 5) is 31.1. The van der Waals surface area contributed by atoms with Crippen molar-refractivity contribution in [1.82, 2.24) is 19.1 Å². The molecule has 20 heavy (non-hydrogen) atoms. The number of nitrogens with zero attached hydrogens (tertiary/aromatic N) is 3. The number of hydrogen-bond acceptors (Lipinski definition) is 5. The van der Waals surface area contributed by atoms with Crippen LogP contribution in [0.3, 0.4) is 0 Å². The van der Waals surface area contributed by atoms with E-state index < -0.39 is 0 Å². The fourth-order valence-electron chi connectivity index (χ4n) is 2.04. The van der Waals surface area contributed by atoms with Crippen LogP contribution in [0.5, 0.6) is 0 Å². The highest BCUT2D eigenvalue weighted by molar-refractivity contribution is 7.99. The van der Waals surface area contributed by atoms with Gasteiger partial charge in [-0.25, -0.2) is 9.78 Å². The van der Waals surface area contributed by atoms with E-state index in [4.69, 9.17) is 12.2 Å². The van der Waals surface area contributed by atoms with Crippen molar-refractivity contribution in [2.24, 2.45) is 20.0 Å². The number of aromatic amines is 1. The SMILES string of the molecule is Cn1c(=S)c2[nH]c(SCC(=O)C3CC3)nc2n(C)c1=O. The molecule has 0 aromatic carbocycles. The van der Waals surface area contributed by atoms with E-state index in [1.807, 2.05) is 0 Å². The van der Waals surface area contributed by atoms with Crippen LogP contribution in [0.2, 0.25) is 0 Å². The van der Waals surface area contributed by atoms with Crippen LogP contribution in [-0.2, 0) is 18.9 Å². The maximum Gasteiger partial charge on any atom is 0.330 e. The molecule has 0 radical (unpaired) electrons. The zero-order chi connectivity index (χ0) is 14.4. The molecule has 0 saturated heterocycles. The molecule has 0 atom stereocenters. The number of carbonyl (C=O) groups excluding carboxylic acids is 1. The third-order valence-electron chi connectivity index (χ3n) is 3.46. The lowest BCUT2D eigenvalue weighted by molar-refractivity contribution is -0.117. The molecular weight excluding hydrogens is 296 g/mol. The first-order valence-electron chi connectivity index (χ1n) is 6.30. The average molecular weight is 310 g/mol. The van der Waals surface area contributed by atoms with E-state index in [0.717, 1.165) is 12.8 Å². The highest BCUT2D eigenvalue weighted by Crippen LogP contribution is 2.31. The third kappa shape index (κ3) is 2.22. The van der Waals surface area contributed by atoms with E-state index >= 15 is 0 Å². The van der Waals surface area contributed by atoms with Gasteiger partial charge >= 0.3 is 5.69 Å². The smallest absolute Gasteiger partial charge is 0.329 e. The Bertz CT molecular complexity index is 813. The minimum Gasteiger partial charge on any atom is -0.329 e. The standard InChI is InChI=1S/C12H14N4O2S2/c1-15-9-8(10(19)16(2)12(15)18)13-11(14-9)20-5-7(17)6-3-4-6/h6H,3-5H2,1-2H3,(H,13,14). The van der Waals surface area contributed by atoms with Gasteiger partial charge in [-0.05, 0) is 12.8 Å². The van der Waals surface area contributed by atoms with Gasteiger partial charge in [-0.2, -0.15) is 0 Å². The molecule has 1 saturated carbocycles. The Balaban J connectivity index is 1.96. The number of Topliss-reactive ketones (excluding diaryl/α,β-unsaturated/α-hetero) is 1. The Morgan fingerprint density at radius 1 is 1.45 bits per heavy atom. The summed E-state index contributed by atoms with van der Waals surface area (Å²) in [5, 5.41) is 0.626. The Kier molecular flexibility index (Phi) is 3.29. The summed E-state index contributed by atoms with van der Waals surface area (Å²) in [6.45, 7) is 0. The van der Waals surface area contributed by atoms with Gasteiger partial charge < -0.3 is 4.98 Å². The van der Waals surface area contributed by atoms with Crippen molar-refractivity contribution >= 4 is 40.9 Å². The fraction of sp³-hybridized carbons (Fsp3) is 0.500. The van der Waals surface area contributed by atoms with Gasteiger partial charge in [-0.15, -0.1) is 0 Å². The lowest BCUT2D eigenvalue weighted by Crippen LogP contribution is -2.27. The van der Waals surface area contributed by atoms with E-state index in [9.17, 15) is 9.59 Å². The molecule has 2 heterocycles. The van der Waals surface area contributed by atoms with Crippen molar-refractivity contribution in [2.75, 3.05) is 5.75 Å². The molecule has 0 amide bonds. The highest BCUT2D eigenvalue weighted by atomic mass is 32.2. The molecule has 3 rings (SSSR count). The van der Waals surface area contributed by atoms with E-state index in [-0.39, 0.29) is 17.4 Å². The van der Waals surface area contributed by atoms with Crippen LogP contribution < -0.4 is 5.69 Å². The largest absolute Gasteiger partial charge is 0.330 e. The van der Waals surface area contributed by atoms with Crippen molar-refractivity contribution in [1.29, 1.82) is 0 Å². The quantitative estimate of drug-likeness (QED) is 0.682. The number of thioether (sulfide) groups is 1. The lowest BCUT2D eigenvalue weighted by Gasteiger charge is -2.02. The van der Waals surface area contributed by atoms with Crippen molar-refractivity contribution in [3.63, 3.8) is 0 Å². The van der Waals surface area contributed by atoms with E-state index in [1.165, 1.54) is 20.9 Å². The second-order valence-corrected chi connectivity index (χ2v) is 6.33. The summed E-state index contributed by atoms with van der Waals surface area (Å²) in [7, 11) is 3.29. The number of rotatable bonds is 4. The van der Waals surface area contributed by atoms with Crippen LogP contribution in [0.4, 0.5) is 0 Å². The van der Waals surface area contributed by atoms with Gasteiger partial charge in [0.2, 0.25) is 0 Å². The topological polar surface area (TPSA) is 72.7 Å².